The Bertz CT molecular complexity index is 271. The summed E-state index contributed by atoms with van der Waals surface area (Å²) in [5, 5.41) is 0. The van der Waals surface area contributed by atoms with E-state index in [1.54, 1.807) is 5.57 Å². The summed E-state index contributed by atoms with van der Waals surface area (Å²) in [7, 11) is 0. The molecule has 0 bridgehead atoms. The van der Waals surface area contributed by atoms with Crippen LogP contribution in [-0.2, 0) is 0 Å². The van der Waals surface area contributed by atoms with Crippen LogP contribution < -0.4 is 0 Å². The fraction of sp³-hybridized carbons (Fsp3) is 0.667. The molecule has 0 fully saturated rings. The number of halogens is 1. The molecule has 0 saturated carbocycles. The van der Waals surface area contributed by atoms with Crippen molar-refractivity contribution >= 4 is 24.7 Å². The summed E-state index contributed by atoms with van der Waals surface area (Å²) in [5.41, 5.74) is 1.54. The van der Waals surface area contributed by atoms with Crippen molar-refractivity contribution in [3.63, 3.8) is 0 Å². The van der Waals surface area contributed by atoms with Crippen LogP contribution in [0.2, 0.25) is 0 Å². The minimum Gasteiger partial charge on any atom is -0.0937 e. The second-order valence-corrected chi connectivity index (χ2v) is 7.41. The second-order valence-electron chi connectivity index (χ2n) is 5.25. The Hall–Kier alpha value is 0.0800. The van der Waals surface area contributed by atoms with E-state index < -0.39 is 0 Å². The lowest BCUT2D eigenvalue weighted by atomic mass is 9.94. The van der Waals surface area contributed by atoms with E-state index in [1.165, 1.54) is 32.1 Å². The van der Waals surface area contributed by atoms with Gasteiger partial charge in [0.15, 0.2) is 0 Å². The van der Waals surface area contributed by atoms with E-state index in [0.29, 0.717) is 0 Å². The largest absolute Gasteiger partial charge is 0.0937 e. The Labute approximate surface area is 111 Å². The Kier molecular flexibility index (Phi) is 7.26. The van der Waals surface area contributed by atoms with E-state index in [4.69, 9.17) is 0 Å². The van der Waals surface area contributed by atoms with Crippen LogP contribution >= 0.6 is 20.7 Å². The van der Waals surface area contributed by atoms with Gasteiger partial charge >= 0.3 is 0 Å². The molecule has 0 spiro atoms. The van der Waals surface area contributed by atoms with Crippen LogP contribution in [0.4, 0.5) is 0 Å². The molecule has 0 aromatic rings. The molecule has 1 atom stereocenters. The van der Waals surface area contributed by atoms with Gasteiger partial charge in [0.2, 0.25) is 0 Å². The molecule has 16 heavy (non-hydrogen) atoms. The molecule has 1 unspecified atom stereocenters. The van der Waals surface area contributed by atoms with Gasteiger partial charge in [-0.3, -0.25) is 0 Å². The maximum absolute atomic E-state index is 2.41. The molecule has 0 aliphatic carbocycles. The van der Waals surface area contributed by atoms with Crippen LogP contribution in [0.1, 0.15) is 52.9 Å². The van der Waals surface area contributed by atoms with E-state index in [0.717, 1.165) is 11.8 Å². The number of hydrogen-bond acceptors (Lipinski definition) is 0. The Morgan fingerprint density at radius 3 is 2.56 bits per heavy atom. The van der Waals surface area contributed by atoms with E-state index in [9.17, 15) is 0 Å². The van der Waals surface area contributed by atoms with Gasteiger partial charge in [0, 0.05) is 0 Å². The second kappa shape index (κ2) is 8.21. The van der Waals surface area contributed by atoms with Crippen molar-refractivity contribution in [3.8, 4) is 0 Å². The zero-order valence-electron chi connectivity index (χ0n) is 10.9. The summed E-state index contributed by atoms with van der Waals surface area (Å²) >= 11 is 0.261. The number of hydrogen-bond donors (Lipinski definition) is 0. The highest BCUT2D eigenvalue weighted by atomic mass is 127. The summed E-state index contributed by atoms with van der Waals surface area (Å²) in [6.07, 6.45) is 11.5. The predicted molar refractivity (Wildman–Crippen MR) is 84.4 cm³/mol. The molecule has 92 valence electrons. The molecule has 1 heterocycles. The third-order valence-corrected chi connectivity index (χ3v) is 4.65. The summed E-state index contributed by atoms with van der Waals surface area (Å²) in [5.74, 6) is 1.76. The van der Waals surface area contributed by atoms with E-state index >= 15 is 0 Å². The van der Waals surface area contributed by atoms with Crippen LogP contribution in [0.5, 0.6) is 0 Å². The van der Waals surface area contributed by atoms with Gasteiger partial charge in [-0.2, -0.15) is 0 Å². The van der Waals surface area contributed by atoms with Crippen LogP contribution in [0.3, 0.4) is 0 Å². The lowest BCUT2D eigenvalue weighted by molar-refractivity contribution is 0.437. The monoisotopic (exact) mass is 332 g/mol. The van der Waals surface area contributed by atoms with Crippen LogP contribution in [0.15, 0.2) is 21.8 Å². The molecule has 0 nitrogen and oxygen atoms in total. The molecule has 0 amide bonds. The Morgan fingerprint density at radius 2 is 1.94 bits per heavy atom. The van der Waals surface area contributed by atoms with Crippen molar-refractivity contribution in [1.29, 1.82) is 0 Å². The summed E-state index contributed by atoms with van der Waals surface area (Å²) < 4.78 is 4.75. The summed E-state index contributed by atoms with van der Waals surface area (Å²) in [6, 6.07) is 0. The Morgan fingerprint density at radius 1 is 1.12 bits per heavy atom. The minimum absolute atomic E-state index is 0.261. The first kappa shape index (κ1) is 14.1. The fourth-order valence-electron chi connectivity index (χ4n) is 1.93. The van der Waals surface area contributed by atoms with Crippen molar-refractivity contribution in [1.82, 2.24) is 0 Å². The third kappa shape index (κ3) is 6.62. The number of allylic oxidation sites excluding steroid dienone is 3. The van der Waals surface area contributed by atoms with Gasteiger partial charge in [0.1, 0.15) is 0 Å². The Balaban J connectivity index is 2.10. The van der Waals surface area contributed by atoms with Crippen LogP contribution in [0, 0.1) is 11.8 Å². The van der Waals surface area contributed by atoms with E-state index in [-0.39, 0.29) is 20.7 Å². The van der Waals surface area contributed by atoms with Gasteiger partial charge in [-0.05, 0) is 38.3 Å². The van der Waals surface area contributed by atoms with Crippen LogP contribution in [0.25, 0.3) is 0 Å². The smallest absolute Gasteiger partial charge is 0.0276 e. The molecule has 1 aliphatic rings. The topological polar surface area (TPSA) is 0 Å². The molecule has 0 aromatic heterocycles. The maximum atomic E-state index is 2.41. The minimum atomic E-state index is 0.261. The third-order valence-electron chi connectivity index (χ3n) is 3.10. The number of rotatable bonds is 7. The summed E-state index contributed by atoms with van der Waals surface area (Å²) in [4.78, 5) is 0. The molecule has 0 radical (unpaired) electrons. The van der Waals surface area contributed by atoms with Gasteiger partial charge in [0.05, 0.1) is 0 Å². The average molecular weight is 332 g/mol. The molecule has 0 aromatic carbocycles. The van der Waals surface area contributed by atoms with Gasteiger partial charge in [-0.25, -0.2) is 0 Å². The molecule has 1 rings (SSSR count). The summed E-state index contributed by atoms with van der Waals surface area (Å²) in [6.45, 7) is 7.05. The predicted octanol–water partition coefficient (Wildman–Crippen LogP) is 5.46. The molecular weight excluding hydrogens is 307 g/mol. The van der Waals surface area contributed by atoms with Crippen molar-refractivity contribution < 1.29 is 0 Å². The van der Waals surface area contributed by atoms with E-state index in [2.05, 4.69) is 41.0 Å². The van der Waals surface area contributed by atoms with Crippen molar-refractivity contribution in [2.75, 3.05) is 0 Å². The standard InChI is InChI=1S/C15H25I/c1-13(2)5-4-6-14(3)7-8-15-9-11-16-12-10-15/h9-14H,4-8H2,1-3H3. The molecular formula is C15H25I. The fourth-order valence-corrected chi connectivity index (χ4v) is 3.51. The molecule has 1 aliphatic heterocycles. The first-order chi connectivity index (χ1) is 7.68. The normalized spacial score (nSPS) is 17.1. The first-order valence-electron chi connectivity index (χ1n) is 6.49. The van der Waals surface area contributed by atoms with Crippen molar-refractivity contribution in [2.24, 2.45) is 11.8 Å². The van der Waals surface area contributed by atoms with Gasteiger partial charge in [-0.1, -0.05) is 72.9 Å². The highest BCUT2D eigenvalue weighted by molar-refractivity contribution is 14.2. The average Bonchev–Trinajstić information content (AvgIpc) is 2.27. The molecule has 0 saturated heterocycles. The van der Waals surface area contributed by atoms with Gasteiger partial charge < -0.3 is 0 Å². The zero-order valence-corrected chi connectivity index (χ0v) is 13.0. The lowest BCUT2D eigenvalue weighted by Gasteiger charge is -2.12. The van der Waals surface area contributed by atoms with Crippen molar-refractivity contribution in [2.45, 2.75) is 52.9 Å². The van der Waals surface area contributed by atoms with Gasteiger partial charge in [-0.15, -0.1) is 0 Å². The van der Waals surface area contributed by atoms with Crippen molar-refractivity contribution in [3.05, 3.63) is 21.8 Å². The highest BCUT2D eigenvalue weighted by Gasteiger charge is 2.04. The van der Waals surface area contributed by atoms with E-state index in [1.807, 2.05) is 0 Å². The van der Waals surface area contributed by atoms with Gasteiger partial charge in [0.25, 0.3) is 0 Å². The van der Waals surface area contributed by atoms with Crippen LogP contribution in [-0.4, -0.2) is 4.01 Å². The first-order valence-corrected chi connectivity index (χ1v) is 8.98. The quantitative estimate of drug-likeness (QED) is 0.543. The highest BCUT2D eigenvalue weighted by Crippen LogP contribution is 2.21. The lowest BCUT2D eigenvalue weighted by Crippen LogP contribution is -1.97. The molecule has 1 heteroatoms. The maximum Gasteiger partial charge on any atom is -0.0276 e. The SMILES string of the molecule is CC(C)CCCC(C)CCC1=CC=IC=C1. The molecule has 0 N–H and O–H groups in total. The zero-order chi connectivity index (χ0) is 11.8.